The Hall–Kier alpha value is -1.23. The zero-order valence-electron chi connectivity index (χ0n) is 26.2. The molecule has 0 radical (unpaired) electrons. The fourth-order valence-corrected chi connectivity index (χ4v) is 6.79. The van der Waals surface area contributed by atoms with Crippen LogP contribution in [0.4, 0.5) is 0 Å². The smallest absolute Gasteiger partial charge is 0.330 e. The van der Waals surface area contributed by atoms with Crippen LogP contribution in [-0.2, 0) is 28.2 Å². The number of fused-ring (bicyclic) bond motifs is 2. The summed E-state index contributed by atoms with van der Waals surface area (Å²) in [6.45, 7) is 19.5. The highest BCUT2D eigenvalue weighted by atomic mass is 127. The van der Waals surface area contributed by atoms with E-state index in [2.05, 4.69) is 95.5 Å². The van der Waals surface area contributed by atoms with Gasteiger partial charge in [-0.3, -0.25) is 4.79 Å². The van der Waals surface area contributed by atoms with Crippen LogP contribution in [0.2, 0.25) is 18.1 Å². The van der Waals surface area contributed by atoms with E-state index in [0.717, 1.165) is 17.6 Å². The van der Waals surface area contributed by atoms with Crippen LogP contribution in [0.5, 0.6) is 0 Å². The number of carbonyl (C=O) groups is 2. The number of allylic oxidation sites excluding steroid dienone is 3. The number of ether oxygens (including phenoxy) is 3. The summed E-state index contributed by atoms with van der Waals surface area (Å²) in [5.41, 5.74) is 2.15. The van der Waals surface area contributed by atoms with E-state index in [0.29, 0.717) is 19.3 Å². The van der Waals surface area contributed by atoms with E-state index < -0.39 is 14.4 Å². The summed E-state index contributed by atoms with van der Waals surface area (Å²) >= 11 is 2.23. The molecule has 8 heteroatoms. The molecular formula is C32H51IO6Si. The number of carbonyl (C=O) groups excluding carboxylic acids is 2. The lowest BCUT2D eigenvalue weighted by Crippen LogP contribution is -2.46. The summed E-state index contributed by atoms with van der Waals surface area (Å²) in [7, 11) is -0.462. The van der Waals surface area contributed by atoms with Crippen molar-refractivity contribution in [2.75, 3.05) is 7.11 Å². The van der Waals surface area contributed by atoms with E-state index in [1.165, 1.54) is 6.08 Å². The number of hydrogen-bond acceptors (Lipinski definition) is 6. The molecule has 2 heterocycles. The standard InChI is InChI=1S/C32H51IO6Si/c1-21-13-11-14-22(2)27(39-40(9,10)32(5,6)7)19-28(24(4)31(36-8)23(3)20-33)38-29(34)16-12-15-25-17-26(21)37-30(35)18-25/h11-14,16,20-21,24-28,31H,15,17-19H2,1-10H3/b13-11+,16-12+,22-14+,23-20+/t21-,24+,25-,26-,27+,28+,31+/m1/s1. The minimum absolute atomic E-state index is 0.0183. The van der Waals surface area contributed by atoms with Crippen molar-refractivity contribution in [1.29, 1.82) is 0 Å². The van der Waals surface area contributed by atoms with E-state index in [9.17, 15) is 9.59 Å². The molecule has 0 amide bonds. The highest BCUT2D eigenvalue weighted by Gasteiger charge is 2.41. The van der Waals surface area contributed by atoms with Gasteiger partial charge in [0.2, 0.25) is 0 Å². The zero-order valence-corrected chi connectivity index (χ0v) is 29.3. The Bertz CT molecular complexity index is 992. The highest BCUT2D eigenvalue weighted by Crippen LogP contribution is 2.39. The van der Waals surface area contributed by atoms with Crippen molar-refractivity contribution < 1.29 is 28.2 Å². The second-order valence-corrected chi connectivity index (χ2v) is 18.5. The number of halogens is 1. The minimum atomic E-state index is -2.16. The van der Waals surface area contributed by atoms with Crippen molar-refractivity contribution in [1.82, 2.24) is 0 Å². The van der Waals surface area contributed by atoms with Crippen molar-refractivity contribution in [3.63, 3.8) is 0 Å². The van der Waals surface area contributed by atoms with E-state index in [4.69, 9.17) is 18.6 Å². The lowest BCUT2D eigenvalue weighted by Gasteiger charge is -2.41. The summed E-state index contributed by atoms with van der Waals surface area (Å²) in [6.07, 6.45) is 10.9. The number of esters is 2. The largest absolute Gasteiger partial charge is 0.462 e. The third kappa shape index (κ3) is 9.95. The third-order valence-corrected chi connectivity index (χ3v) is 14.3. The summed E-state index contributed by atoms with van der Waals surface area (Å²) in [5.74, 6) is -0.439. The van der Waals surface area contributed by atoms with Gasteiger partial charge in [0, 0.05) is 37.9 Å². The van der Waals surface area contributed by atoms with Crippen LogP contribution in [0.3, 0.4) is 0 Å². The summed E-state index contributed by atoms with van der Waals surface area (Å²) in [5, 5.41) is 0.0183. The van der Waals surface area contributed by atoms with Crippen molar-refractivity contribution >= 4 is 42.8 Å². The van der Waals surface area contributed by atoms with Gasteiger partial charge in [0.25, 0.3) is 0 Å². The van der Waals surface area contributed by atoms with Gasteiger partial charge in [-0.05, 0) is 66.0 Å². The molecule has 40 heavy (non-hydrogen) atoms. The molecule has 2 aliphatic heterocycles. The average molecular weight is 687 g/mol. The Morgan fingerprint density at radius 2 is 1.88 bits per heavy atom. The van der Waals surface area contributed by atoms with Gasteiger partial charge in [-0.2, -0.15) is 0 Å². The molecule has 226 valence electrons. The minimum Gasteiger partial charge on any atom is -0.462 e. The summed E-state index contributed by atoms with van der Waals surface area (Å²) in [6, 6.07) is 0. The molecule has 0 aliphatic carbocycles. The third-order valence-electron chi connectivity index (χ3n) is 8.79. The van der Waals surface area contributed by atoms with Gasteiger partial charge in [-0.15, -0.1) is 0 Å². The maximum absolute atomic E-state index is 13.1. The summed E-state index contributed by atoms with van der Waals surface area (Å²) in [4.78, 5) is 25.5. The predicted octanol–water partition coefficient (Wildman–Crippen LogP) is 8.09. The Morgan fingerprint density at radius 3 is 2.48 bits per heavy atom. The molecular weight excluding hydrogens is 635 g/mol. The van der Waals surface area contributed by atoms with E-state index >= 15 is 0 Å². The van der Waals surface area contributed by atoms with Gasteiger partial charge < -0.3 is 18.6 Å². The molecule has 0 aromatic heterocycles. The van der Waals surface area contributed by atoms with Crippen LogP contribution in [0.15, 0.2) is 45.6 Å². The average Bonchev–Trinajstić information content (AvgIpc) is 2.86. The van der Waals surface area contributed by atoms with Crippen LogP contribution >= 0.6 is 22.6 Å². The van der Waals surface area contributed by atoms with Crippen molar-refractivity contribution in [2.24, 2.45) is 17.8 Å². The topological polar surface area (TPSA) is 71.1 Å². The fraction of sp³-hybridized carbons (Fsp3) is 0.688. The second-order valence-electron chi connectivity index (χ2n) is 13.1. The van der Waals surface area contributed by atoms with Gasteiger partial charge in [0.05, 0.1) is 12.2 Å². The quantitative estimate of drug-likeness (QED) is 0.160. The van der Waals surface area contributed by atoms with Gasteiger partial charge >= 0.3 is 11.9 Å². The Balaban J connectivity index is 2.55. The van der Waals surface area contributed by atoms with Gasteiger partial charge in [-0.1, -0.05) is 81.5 Å². The highest BCUT2D eigenvalue weighted by molar-refractivity contribution is 14.1. The van der Waals surface area contributed by atoms with Crippen LogP contribution in [0.25, 0.3) is 0 Å². The second kappa shape index (κ2) is 15.3. The zero-order chi connectivity index (χ0) is 30.3. The molecule has 1 saturated heterocycles. The molecule has 2 rings (SSSR count). The SMILES string of the molecule is CO[C@@H](/C(C)=C/I)[C@@H](C)[C@@H]1C[C@H](O[Si](C)(C)C(C)(C)C)/C(C)=C/C=C/[C@@H](C)[C@H]2C[C@@H](C/C=C/C(=O)O1)CC(=O)O2. The lowest BCUT2D eigenvalue weighted by molar-refractivity contribution is -0.158. The molecule has 0 aromatic rings. The Kier molecular flexibility index (Phi) is 13.4. The number of hydrogen-bond donors (Lipinski definition) is 0. The first-order valence-corrected chi connectivity index (χ1v) is 18.6. The predicted molar refractivity (Wildman–Crippen MR) is 173 cm³/mol. The Morgan fingerprint density at radius 1 is 1.20 bits per heavy atom. The van der Waals surface area contributed by atoms with Crippen LogP contribution in [-0.4, -0.2) is 51.8 Å². The Labute approximate surface area is 257 Å². The fourth-order valence-electron chi connectivity index (χ4n) is 5.09. The first-order chi connectivity index (χ1) is 18.6. The molecule has 0 aromatic carbocycles. The molecule has 0 N–H and O–H groups in total. The van der Waals surface area contributed by atoms with Crippen molar-refractivity contribution in [2.45, 2.75) is 117 Å². The number of rotatable bonds is 6. The van der Waals surface area contributed by atoms with Gasteiger partial charge in [0.15, 0.2) is 8.32 Å². The van der Waals surface area contributed by atoms with E-state index in [1.807, 2.05) is 17.1 Å². The first kappa shape index (κ1) is 35.0. The van der Waals surface area contributed by atoms with Crippen LogP contribution in [0, 0.1) is 17.8 Å². The lowest BCUT2D eigenvalue weighted by atomic mass is 9.86. The first-order valence-electron chi connectivity index (χ1n) is 14.5. The molecule has 0 unspecified atom stereocenters. The number of methoxy groups -OCH3 is 1. The van der Waals surface area contributed by atoms with Crippen LogP contribution < -0.4 is 0 Å². The summed E-state index contributed by atoms with van der Waals surface area (Å²) < 4.78 is 26.8. The molecule has 0 saturated carbocycles. The van der Waals surface area contributed by atoms with Crippen LogP contribution in [0.1, 0.15) is 74.1 Å². The van der Waals surface area contributed by atoms with Crippen molar-refractivity contribution in [3.8, 4) is 0 Å². The number of cyclic esters (lactones) is 1. The normalized spacial score (nSPS) is 32.2. The molecule has 6 nitrogen and oxygen atoms in total. The monoisotopic (exact) mass is 686 g/mol. The molecule has 7 atom stereocenters. The van der Waals surface area contributed by atoms with Gasteiger partial charge in [0.1, 0.15) is 12.2 Å². The maximum atomic E-state index is 13.1. The van der Waals surface area contributed by atoms with E-state index in [-0.39, 0.29) is 53.0 Å². The van der Waals surface area contributed by atoms with E-state index in [1.54, 1.807) is 7.11 Å². The van der Waals surface area contributed by atoms with Gasteiger partial charge in [-0.25, -0.2) is 4.79 Å². The molecule has 2 aliphatic rings. The molecule has 0 spiro atoms. The molecule has 1 fully saturated rings. The van der Waals surface area contributed by atoms with Crippen molar-refractivity contribution in [3.05, 3.63) is 45.6 Å². The maximum Gasteiger partial charge on any atom is 0.330 e. The molecule has 2 bridgehead atoms.